The van der Waals surface area contributed by atoms with Crippen molar-refractivity contribution in [3.05, 3.63) is 30.0 Å². The lowest BCUT2D eigenvalue weighted by atomic mass is 9.84. The first kappa shape index (κ1) is 25.1. The van der Waals surface area contributed by atoms with Gasteiger partial charge in [-0.25, -0.2) is 4.79 Å². The Kier molecular flexibility index (Phi) is 7.78. The van der Waals surface area contributed by atoms with Gasteiger partial charge in [0.25, 0.3) is 11.8 Å². The first-order valence-electron chi connectivity index (χ1n) is 12.2. The highest BCUT2D eigenvalue weighted by Gasteiger charge is 2.33. The number of aromatic amines is 1. The van der Waals surface area contributed by atoms with Gasteiger partial charge in [-0.3, -0.25) is 19.7 Å². The van der Waals surface area contributed by atoms with Crippen LogP contribution < -0.4 is 26.0 Å². The molecule has 1 aliphatic carbocycles. The largest absolute Gasteiger partial charge is 0.496 e. The predicted octanol–water partition coefficient (Wildman–Crippen LogP) is 1.96. The molecule has 5 amide bonds. The van der Waals surface area contributed by atoms with Crippen LogP contribution >= 0.6 is 0 Å². The van der Waals surface area contributed by atoms with Gasteiger partial charge in [-0.15, -0.1) is 6.42 Å². The molecule has 0 radical (unpaired) electrons. The van der Waals surface area contributed by atoms with Gasteiger partial charge < -0.3 is 25.7 Å². The number of imide groups is 1. The molecule has 190 valence electrons. The average Bonchev–Trinajstić information content (AvgIpc) is 3.45. The van der Waals surface area contributed by atoms with Crippen molar-refractivity contribution in [3.63, 3.8) is 0 Å². The fourth-order valence-electron chi connectivity index (χ4n) is 4.95. The number of H-pyrrole nitrogens is 1. The summed E-state index contributed by atoms with van der Waals surface area (Å²) in [7, 11) is 1.56. The maximum atomic E-state index is 13.3. The number of benzene rings is 1. The first-order valence-corrected chi connectivity index (χ1v) is 12.2. The van der Waals surface area contributed by atoms with Crippen molar-refractivity contribution >= 4 is 34.7 Å². The van der Waals surface area contributed by atoms with Gasteiger partial charge >= 0.3 is 6.03 Å². The van der Waals surface area contributed by atoms with E-state index in [0.717, 1.165) is 36.6 Å². The number of carbonyl (C=O) groups excluding carboxylic acids is 4. The van der Waals surface area contributed by atoms with Crippen LogP contribution in [0.25, 0.3) is 10.9 Å². The van der Waals surface area contributed by atoms with Gasteiger partial charge in [0.2, 0.25) is 5.91 Å². The number of methoxy groups -OCH3 is 1. The molecule has 1 saturated heterocycles. The molecule has 36 heavy (non-hydrogen) atoms. The molecular weight excluding hydrogens is 462 g/mol. The van der Waals surface area contributed by atoms with E-state index >= 15 is 0 Å². The number of urea groups is 1. The van der Waals surface area contributed by atoms with E-state index in [4.69, 9.17) is 11.2 Å². The maximum absolute atomic E-state index is 13.3. The zero-order valence-electron chi connectivity index (χ0n) is 20.2. The Balaban J connectivity index is 1.48. The van der Waals surface area contributed by atoms with Crippen LogP contribution in [0.4, 0.5) is 4.79 Å². The molecule has 2 fully saturated rings. The van der Waals surface area contributed by atoms with Gasteiger partial charge in [-0.05, 0) is 30.5 Å². The molecule has 2 aliphatic rings. The number of terminal acetylenes is 1. The van der Waals surface area contributed by atoms with E-state index in [-0.39, 0.29) is 6.42 Å². The van der Waals surface area contributed by atoms with Gasteiger partial charge in [-0.1, -0.05) is 44.1 Å². The Morgan fingerprint density at radius 3 is 2.61 bits per heavy atom. The van der Waals surface area contributed by atoms with Crippen molar-refractivity contribution < 1.29 is 23.9 Å². The van der Waals surface area contributed by atoms with Crippen molar-refractivity contribution in [2.45, 2.75) is 63.1 Å². The molecule has 1 saturated carbocycles. The molecule has 4 rings (SSSR count). The number of amides is 5. The summed E-state index contributed by atoms with van der Waals surface area (Å²) in [4.78, 5) is 52.9. The molecule has 10 nitrogen and oxygen atoms in total. The number of carbonyl (C=O) groups is 4. The quantitative estimate of drug-likeness (QED) is 0.268. The average molecular weight is 494 g/mol. The number of hydrogen-bond acceptors (Lipinski definition) is 5. The Morgan fingerprint density at radius 2 is 1.94 bits per heavy atom. The molecule has 2 aromatic rings. The minimum absolute atomic E-state index is 0.0473. The van der Waals surface area contributed by atoms with E-state index in [1.807, 2.05) is 18.2 Å². The van der Waals surface area contributed by atoms with Crippen molar-refractivity contribution in [3.8, 4) is 18.1 Å². The maximum Gasteiger partial charge on any atom is 0.322 e. The summed E-state index contributed by atoms with van der Waals surface area (Å²) < 4.78 is 5.38. The first-order chi connectivity index (χ1) is 17.4. The van der Waals surface area contributed by atoms with Gasteiger partial charge in [0.1, 0.15) is 23.5 Å². The van der Waals surface area contributed by atoms with Crippen LogP contribution in [-0.4, -0.2) is 54.0 Å². The monoisotopic (exact) mass is 493 g/mol. The topological polar surface area (TPSA) is 141 Å². The number of rotatable bonds is 9. The molecular formula is C26H31N5O5. The molecule has 1 aliphatic heterocycles. The third-order valence-electron chi connectivity index (χ3n) is 6.85. The van der Waals surface area contributed by atoms with E-state index < -0.39 is 41.9 Å². The summed E-state index contributed by atoms with van der Waals surface area (Å²) in [5.41, 5.74) is 1.06. The van der Waals surface area contributed by atoms with Crippen molar-refractivity contribution in [1.82, 2.24) is 26.3 Å². The highest BCUT2D eigenvalue weighted by molar-refractivity contribution is 6.04. The van der Waals surface area contributed by atoms with Gasteiger partial charge in [-0.2, -0.15) is 0 Å². The second-order valence-electron chi connectivity index (χ2n) is 9.35. The van der Waals surface area contributed by atoms with E-state index in [1.54, 1.807) is 13.2 Å². The van der Waals surface area contributed by atoms with E-state index in [9.17, 15) is 19.2 Å². The molecule has 2 heterocycles. The van der Waals surface area contributed by atoms with Crippen molar-refractivity contribution in [2.75, 3.05) is 7.11 Å². The molecule has 3 atom stereocenters. The smallest absolute Gasteiger partial charge is 0.322 e. The van der Waals surface area contributed by atoms with Crippen LogP contribution in [-0.2, 0) is 9.59 Å². The SMILES string of the molecule is C#C[C@H](CC1NC(=O)NC1=O)NC(=O)[C@H](CC1CCCCC1)NC(=O)c1cc2c(OC)cccc2[nH]1. The molecule has 1 aromatic heterocycles. The van der Waals surface area contributed by atoms with E-state index in [2.05, 4.69) is 32.2 Å². The lowest BCUT2D eigenvalue weighted by molar-refractivity contribution is -0.124. The zero-order valence-corrected chi connectivity index (χ0v) is 20.2. The standard InChI is InChI=1S/C26H31N5O5/c1-3-16(13-20-25(34)31-26(35)30-20)27-23(32)19(12-15-8-5-4-6-9-15)29-24(33)21-14-17-18(28-21)10-7-11-22(17)36-2/h1,7,10-11,14-16,19-20,28H,4-6,8-9,12-13H2,2H3,(H,27,32)(H,29,33)(H2,30,31,34,35)/t16-,19+,20?/m1/s1. The summed E-state index contributed by atoms with van der Waals surface area (Å²) in [6, 6.07) is 4.15. The molecule has 0 bridgehead atoms. The fourth-order valence-corrected chi connectivity index (χ4v) is 4.95. The molecule has 0 spiro atoms. The van der Waals surface area contributed by atoms with Crippen LogP contribution in [0.2, 0.25) is 0 Å². The highest BCUT2D eigenvalue weighted by atomic mass is 16.5. The van der Waals surface area contributed by atoms with E-state index in [0.29, 0.717) is 23.8 Å². The number of fused-ring (bicyclic) bond motifs is 1. The summed E-state index contributed by atoms with van der Waals surface area (Å²) in [6.45, 7) is 0. The molecule has 5 N–H and O–H groups in total. The van der Waals surface area contributed by atoms with Crippen LogP contribution in [0.1, 0.15) is 55.4 Å². The molecule has 10 heteroatoms. The fraction of sp³-hybridized carbons (Fsp3) is 0.462. The highest BCUT2D eigenvalue weighted by Crippen LogP contribution is 2.28. The van der Waals surface area contributed by atoms with Gasteiger partial charge in [0.05, 0.1) is 13.2 Å². The zero-order chi connectivity index (χ0) is 25.7. The number of aromatic nitrogens is 1. The lowest BCUT2D eigenvalue weighted by Gasteiger charge is -2.27. The summed E-state index contributed by atoms with van der Waals surface area (Å²) in [6.07, 6.45) is 11.5. The molecule has 1 aromatic carbocycles. The van der Waals surface area contributed by atoms with Gasteiger partial charge in [0.15, 0.2) is 0 Å². The lowest BCUT2D eigenvalue weighted by Crippen LogP contribution is -2.51. The van der Waals surface area contributed by atoms with Crippen molar-refractivity contribution in [2.24, 2.45) is 5.92 Å². The van der Waals surface area contributed by atoms with Gasteiger partial charge in [0, 0.05) is 17.3 Å². The van der Waals surface area contributed by atoms with Crippen LogP contribution in [0.15, 0.2) is 24.3 Å². The second-order valence-corrected chi connectivity index (χ2v) is 9.35. The van der Waals surface area contributed by atoms with Crippen LogP contribution in [0, 0.1) is 18.3 Å². The summed E-state index contributed by atoms with van der Waals surface area (Å²) in [5.74, 6) is 2.09. The Bertz CT molecular complexity index is 1190. The summed E-state index contributed by atoms with van der Waals surface area (Å²) in [5, 5.41) is 11.0. The van der Waals surface area contributed by atoms with Crippen LogP contribution in [0.3, 0.4) is 0 Å². The minimum atomic E-state index is -0.827. The second kappa shape index (κ2) is 11.2. The van der Waals surface area contributed by atoms with Crippen LogP contribution in [0.5, 0.6) is 5.75 Å². The minimum Gasteiger partial charge on any atom is -0.496 e. The number of nitrogens with one attached hydrogen (secondary N) is 5. The Morgan fingerprint density at radius 1 is 1.17 bits per heavy atom. The third kappa shape index (κ3) is 5.79. The third-order valence-corrected chi connectivity index (χ3v) is 6.85. The van der Waals surface area contributed by atoms with E-state index in [1.165, 1.54) is 6.42 Å². The summed E-state index contributed by atoms with van der Waals surface area (Å²) >= 11 is 0. The molecule has 1 unspecified atom stereocenters. The Hall–Kier alpha value is -4.00. The predicted molar refractivity (Wildman–Crippen MR) is 133 cm³/mol. The normalized spacial score (nSPS) is 19.6. The number of ether oxygens (including phenoxy) is 1. The Labute approximate surface area is 209 Å². The number of hydrogen-bond donors (Lipinski definition) is 5. The van der Waals surface area contributed by atoms with Crippen molar-refractivity contribution in [1.29, 1.82) is 0 Å².